The van der Waals surface area contributed by atoms with Gasteiger partial charge >= 0.3 is 18.4 Å². The second-order valence-corrected chi connectivity index (χ2v) is 26.5. The van der Waals surface area contributed by atoms with Crippen molar-refractivity contribution in [3.05, 3.63) is 100 Å². The van der Waals surface area contributed by atoms with Gasteiger partial charge in [0.05, 0.1) is 80.2 Å². The summed E-state index contributed by atoms with van der Waals surface area (Å²) >= 11 is 0. The van der Waals surface area contributed by atoms with E-state index >= 15 is 0 Å². The van der Waals surface area contributed by atoms with Crippen LogP contribution in [0.4, 0.5) is 26.3 Å². The number of pyridine rings is 2. The fraction of sp³-hybridized carbons (Fsp3) is 0.536. The number of alkyl halides is 6. The molecule has 0 aliphatic heterocycles. The number of aromatic nitrogens is 2. The van der Waals surface area contributed by atoms with Gasteiger partial charge in [-0.15, -0.1) is 0 Å². The minimum absolute atomic E-state index is 0.145. The lowest BCUT2D eigenvalue weighted by atomic mass is 10.0. The van der Waals surface area contributed by atoms with Crippen molar-refractivity contribution >= 4 is 31.5 Å². The molecule has 2 N–H and O–H groups in total. The van der Waals surface area contributed by atoms with Crippen molar-refractivity contribution in [3.63, 3.8) is 0 Å². The third-order valence-corrected chi connectivity index (χ3v) is 20.9. The average Bonchev–Trinajstić information content (AvgIpc) is 4.08. The third-order valence-electron chi connectivity index (χ3n) is 16.4. The fourth-order valence-electron chi connectivity index (χ4n) is 11.8. The van der Waals surface area contributed by atoms with Crippen LogP contribution < -0.4 is 10.6 Å². The fourth-order valence-corrected chi connectivity index (χ4v) is 15.8. The quantitative estimate of drug-likeness (QED) is 0.114. The van der Waals surface area contributed by atoms with Crippen LogP contribution in [-0.4, -0.2) is 90.7 Å². The summed E-state index contributed by atoms with van der Waals surface area (Å²) in [6, 6.07) is 17.3. The maximum Gasteiger partial charge on any atom is 0.417 e. The summed E-state index contributed by atoms with van der Waals surface area (Å²) in [6.07, 6.45) is -4.90. The van der Waals surface area contributed by atoms with E-state index in [9.17, 15) is 58.0 Å². The van der Waals surface area contributed by atoms with E-state index in [0.29, 0.717) is 80.3 Å². The van der Waals surface area contributed by atoms with Crippen molar-refractivity contribution in [1.82, 2.24) is 20.6 Å². The van der Waals surface area contributed by atoms with E-state index in [1.54, 1.807) is 26.0 Å². The van der Waals surface area contributed by atoms with Gasteiger partial charge < -0.3 is 20.1 Å². The van der Waals surface area contributed by atoms with Gasteiger partial charge in [-0.3, -0.25) is 19.6 Å². The summed E-state index contributed by atoms with van der Waals surface area (Å²) in [7, 11) is -9.38. The molecule has 0 saturated heterocycles. The van der Waals surface area contributed by atoms with E-state index in [-0.39, 0.29) is 49.0 Å². The number of halogens is 6. The lowest BCUT2D eigenvalue weighted by molar-refractivity contribution is -0.140. The largest absolute Gasteiger partial charge is 0.417 e. The van der Waals surface area contributed by atoms with Crippen molar-refractivity contribution in [2.24, 2.45) is 11.8 Å². The lowest BCUT2D eigenvalue weighted by Gasteiger charge is -2.24. The molecule has 414 valence electrons. The van der Waals surface area contributed by atoms with Crippen LogP contribution in [0.25, 0.3) is 27.1 Å². The molecule has 8 atom stereocenters. The molecular weight excluding hydrogens is 1060 g/mol. The Morgan fingerprint density at radius 3 is 1.50 bits per heavy atom. The van der Waals surface area contributed by atoms with Crippen molar-refractivity contribution in [1.29, 1.82) is 5.26 Å². The first-order valence-corrected chi connectivity index (χ1v) is 29.5. The number of aryl methyl sites for hydroxylation is 2. The van der Waals surface area contributed by atoms with E-state index in [1.165, 1.54) is 36.7 Å². The van der Waals surface area contributed by atoms with Crippen LogP contribution in [0.2, 0.25) is 0 Å². The molecule has 78 heavy (non-hydrogen) atoms. The van der Waals surface area contributed by atoms with Crippen LogP contribution in [0, 0.1) is 43.1 Å². The second kappa shape index (κ2) is 20.9. The highest BCUT2D eigenvalue weighted by Crippen LogP contribution is 2.47. The van der Waals surface area contributed by atoms with Crippen LogP contribution >= 0.6 is 0 Å². The first-order chi connectivity index (χ1) is 36.8. The topological polar surface area (TPSA) is 199 Å². The second-order valence-electron chi connectivity index (χ2n) is 22.1. The summed E-state index contributed by atoms with van der Waals surface area (Å²) < 4.78 is 159. The van der Waals surface area contributed by atoms with Crippen LogP contribution in [0.3, 0.4) is 0 Å². The highest BCUT2D eigenvalue weighted by Gasteiger charge is 2.55. The average molecular weight is 1120 g/mol. The molecule has 22 heteroatoms. The Balaban J connectivity index is 0.829. The first-order valence-electron chi connectivity index (χ1n) is 26.4. The number of carbonyl (C=O) groups is 2. The van der Waals surface area contributed by atoms with E-state index in [0.717, 1.165) is 37.1 Å². The standard InChI is InChI=1S/C56H58F6N6O8S2/c1-32-21-36(13-19-64-32)34-7-11-49(45(23-34)55(57,58)59)77(71,72)41-26-43(47(28-41)75-39-5-3-4-6-39)52(70)68-54(17-18-54)31-66-38-9-10-40(25-38)76-48-29-42(27-44(48)51(69)67-53(30-63)15-16-53)78(73,74)50-12-8-35(24-46(50)56(60,61)62)37-14-20-65-33(2)22-37/h7-8,11-14,19-24,38-44,47-48H,3-6,9-10,15-18,25-29H2,1-2H3,(H-,67,68,69,70)/p+1. The number of rotatable bonds is 14. The molecule has 2 aromatic carbocycles. The molecule has 2 aromatic heterocycles. The smallest absolute Gasteiger partial charge is 0.374 e. The van der Waals surface area contributed by atoms with Crippen LogP contribution in [-0.2, 0) is 51.1 Å². The maximum atomic E-state index is 14.7. The monoisotopic (exact) mass is 1120 g/mol. The molecule has 0 spiro atoms. The molecule has 8 unspecified atom stereocenters. The number of hydrogen-bond acceptors (Lipinski definition) is 11. The number of benzene rings is 2. The number of nitrogens with one attached hydrogen (secondary N) is 2. The van der Waals surface area contributed by atoms with Gasteiger partial charge in [0.2, 0.25) is 11.8 Å². The minimum atomic E-state index is -5.05. The number of nitrogens with zero attached hydrogens (tertiary/aromatic N) is 4. The number of sulfone groups is 2. The summed E-state index contributed by atoms with van der Waals surface area (Å²) in [4.78, 5) is 39.3. The van der Waals surface area contributed by atoms with Gasteiger partial charge in [-0.25, -0.2) is 16.8 Å². The highest BCUT2D eigenvalue weighted by molar-refractivity contribution is 7.92. The van der Waals surface area contributed by atoms with Gasteiger partial charge in [0.1, 0.15) is 5.54 Å². The molecule has 6 aliphatic rings. The van der Waals surface area contributed by atoms with E-state index in [1.807, 2.05) is 0 Å². The molecular formula is C56H59F6N6O8S2+. The molecule has 10 rings (SSSR count). The van der Waals surface area contributed by atoms with Gasteiger partial charge in [0.15, 0.2) is 25.2 Å². The zero-order valence-electron chi connectivity index (χ0n) is 42.9. The Bertz CT molecular complexity index is 3340. The zero-order chi connectivity index (χ0) is 55.6. The molecule has 6 fully saturated rings. The predicted octanol–water partition coefficient (Wildman–Crippen LogP) is 10.1. The number of carbonyl (C=O) groups excluding carboxylic acids is 2. The Morgan fingerprint density at radius 2 is 1.06 bits per heavy atom. The molecule has 4 aromatic rings. The molecule has 2 amide bonds. The van der Waals surface area contributed by atoms with Crippen molar-refractivity contribution in [2.45, 2.75) is 184 Å². The SMILES string of the molecule is Cc1cc(-c2ccc(S(=O)(=O)C3CC(OC4CCCC4)C(C(=O)NC4(C#[N+]C5CCC(OC6CC(S(=O)(=O)c7ccc(-c8ccnc(C)c8)cc7C(F)(F)F)CC6C(=O)NC6(C#N)CC6)C5)CC4)C3)c(C(F)(F)F)c2)ccn1. The zero-order valence-corrected chi connectivity index (χ0v) is 44.5. The molecule has 6 saturated carbocycles. The number of nitriles is 1. The van der Waals surface area contributed by atoms with Crippen LogP contribution in [0.1, 0.15) is 119 Å². The van der Waals surface area contributed by atoms with E-state index < -0.39 is 116 Å². The minimum Gasteiger partial charge on any atom is -0.374 e. The lowest BCUT2D eigenvalue weighted by Crippen LogP contribution is -2.43. The highest BCUT2D eigenvalue weighted by atomic mass is 32.2. The van der Waals surface area contributed by atoms with Crippen LogP contribution in [0.5, 0.6) is 0 Å². The molecule has 14 nitrogen and oxygen atoms in total. The summed E-state index contributed by atoms with van der Waals surface area (Å²) in [5, 5.41) is 12.7. The van der Waals surface area contributed by atoms with Crippen molar-refractivity contribution in [2.75, 3.05) is 0 Å². The Morgan fingerprint density at radius 1 is 0.615 bits per heavy atom. The Kier molecular flexibility index (Phi) is 14.9. The normalized spacial score (nSPS) is 26.7. The van der Waals surface area contributed by atoms with Crippen molar-refractivity contribution in [3.8, 4) is 34.4 Å². The number of ether oxygens (including phenoxy) is 2. The summed E-state index contributed by atoms with van der Waals surface area (Å²) in [5.74, 6) is -3.26. The van der Waals surface area contributed by atoms with E-state index in [4.69, 9.17) is 14.3 Å². The van der Waals surface area contributed by atoms with Gasteiger partial charge in [-0.05, 0) is 155 Å². The Hall–Kier alpha value is -5.94. The third kappa shape index (κ3) is 11.7. The van der Waals surface area contributed by atoms with Gasteiger partial charge in [-0.1, -0.05) is 29.8 Å². The number of amides is 2. The number of hydrogen-bond donors (Lipinski definition) is 2. The molecule has 0 radical (unpaired) electrons. The summed E-state index contributed by atoms with van der Waals surface area (Å²) in [5.41, 5.74) is -2.47. The maximum absolute atomic E-state index is 14.7. The van der Waals surface area contributed by atoms with Gasteiger partial charge in [-0.2, -0.15) is 31.6 Å². The molecule has 0 bridgehead atoms. The van der Waals surface area contributed by atoms with E-state index in [2.05, 4.69) is 32.7 Å². The predicted molar refractivity (Wildman–Crippen MR) is 273 cm³/mol. The first kappa shape index (κ1) is 55.4. The van der Waals surface area contributed by atoms with Gasteiger partial charge in [0, 0.05) is 30.2 Å². The van der Waals surface area contributed by atoms with Crippen LogP contribution in [0.15, 0.2) is 82.8 Å². The molecule has 6 aliphatic carbocycles. The Labute approximate surface area is 448 Å². The van der Waals surface area contributed by atoms with Crippen molar-refractivity contribution < 1.29 is 62.2 Å². The molecule has 2 heterocycles. The van der Waals surface area contributed by atoms with Gasteiger partial charge in [0.25, 0.3) is 6.04 Å². The summed E-state index contributed by atoms with van der Waals surface area (Å²) in [6.45, 7) is 3.37.